The number of anilines is 1. The number of carbonyl (C=O) groups excluding carboxylic acids is 1. The van der Waals surface area contributed by atoms with Gasteiger partial charge in [-0.25, -0.2) is 4.79 Å². The standard InChI is InChI=1S/C16H15BrN2O3/c1-10-2-4-12(7-13(10)17)19-16(20)18-8-11-3-5-14-15(6-11)22-9-21-14/h2-7H,8-9H2,1H3,(H2,18,19,20). The number of hydrogen-bond acceptors (Lipinski definition) is 3. The second kappa shape index (κ2) is 6.27. The second-order valence-electron chi connectivity index (χ2n) is 4.96. The van der Waals surface area contributed by atoms with E-state index in [-0.39, 0.29) is 12.8 Å². The largest absolute Gasteiger partial charge is 0.454 e. The summed E-state index contributed by atoms with van der Waals surface area (Å²) in [6, 6.07) is 11.0. The minimum Gasteiger partial charge on any atom is -0.454 e. The average Bonchev–Trinajstić information content (AvgIpc) is 2.96. The second-order valence-corrected chi connectivity index (χ2v) is 5.81. The first-order chi connectivity index (χ1) is 10.6. The number of amides is 2. The molecule has 0 unspecified atom stereocenters. The fraction of sp³-hybridized carbons (Fsp3) is 0.188. The van der Waals surface area contributed by atoms with Crippen molar-refractivity contribution in [2.45, 2.75) is 13.5 Å². The number of benzene rings is 2. The molecule has 3 rings (SSSR count). The van der Waals surface area contributed by atoms with Crippen molar-refractivity contribution in [2.24, 2.45) is 0 Å². The summed E-state index contributed by atoms with van der Waals surface area (Å²) in [5.41, 5.74) is 2.80. The molecular formula is C16H15BrN2O3. The van der Waals surface area contributed by atoms with Gasteiger partial charge in [0.2, 0.25) is 6.79 Å². The maximum absolute atomic E-state index is 11.9. The van der Waals surface area contributed by atoms with Crippen LogP contribution in [-0.4, -0.2) is 12.8 Å². The van der Waals surface area contributed by atoms with Crippen LogP contribution in [0.4, 0.5) is 10.5 Å². The number of hydrogen-bond donors (Lipinski definition) is 2. The molecular weight excluding hydrogens is 348 g/mol. The molecule has 0 spiro atoms. The molecule has 1 heterocycles. The first-order valence-electron chi connectivity index (χ1n) is 6.81. The van der Waals surface area contributed by atoms with Gasteiger partial charge >= 0.3 is 6.03 Å². The third-order valence-corrected chi connectivity index (χ3v) is 4.17. The number of carbonyl (C=O) groups is 1. The van der Waals surface area contributed by atoms with Crippen LogP contribution >= 0.6 is 15.9 Å². The Labute approximate surface area is 136 Å². The first kappa shape index (κ1) is 14.7. The molecule has 114 valence electrons. The molecule has 0 fully saturated rings. The molecule has 5 nitrogen and oxygen atoms in total. The predicted molar refractivity (Wildman–Crippen MR) is 87.3 cm³/mol. The van der Waals surface area contributed by atoms with Crippen molar-refractivity contribution in [1.29, 1.82) is 0 Å². The molecule has 0 bridgehead atoms. The molecule has 2 aromatic carbocycles. The molecule has 0 aliphatic carbocycles. The van der Waals surface area contributed by atoms with Crippen molar-refractivity contribution in [2.75, 3.05) is 12.1 Å². The third-order valence-electron chi connectivity index (χ3n) is 3.32. The van der Waals surface area contributed by atoms with E-state index in [1.165, 1.54) is 0 Å². The van der Waals surface area contributed by atoms with Gasteiger partial charge in [0.05, 0.1) is 0 Å². The van der Waals surface area contributed by atoms with Crippen molar-refractivity contribution < 1.29 is 14.3 Å². The highest BCUT2D eigenvalue weighted by Gasteiger charge is 2.13. The van der Waals surface area contributed by atoms with Crippen molar-refractivity contribution in [3.8, 4) is 11.5 Å². The van der Waals surface area contributed by atoms with Gasteiger partial charge in [-0.15, -0.1) is 0 Å². The number of fused-ring (bicyclic) bond motifs is 1. The molecule has 1 aliphatic rings. The van der Waals surface area contributed by atoms with Crippen LogP contribution < -0.4 is 20.1 Å². The van der Waals surface area contributed by atoms with Gasteiger partial charge in [-0.2, -0.15) is 0 Å². The summed E-state index contributed by atoms with van der Waals surface area (Å²) in [6.07, 6.45) is 0. The Hall–Kier alpha value is -2.21. The zero-order chi connectivity index (χ0) is 15.5. The van der Waals surface area contributed by atoms with E-state index in [1.807, 2.05) is 43.3 Å². The number of urea groups is 1. The molecule has 0 atom stereocenters. The van der Waals surface area contributed by atoms with E-state index in [1.54, 1.807) is 0 Å². The molecule has 2 amide bonds. The molecule has 0 saturated heterocycles. The van der Waals surface area contributed by atoms with E-state index in [0.717, 1.165) is 27.0 Å². The molecule has 6 heteroatoms. The minimum absolute atomic E-state index is 0.245. The van der Waals surface area contributed by atoms with Gasteiger partial charge in [-0.1, -0.05) is 28.1 Å². The maximum atomic E-state index is 11.9. The highest BCUT2D eigenvalue weighted by atomic mass is 79.9. The monoisotopic (exact) mass is 362 g/mol. The normalized spacial score (nSPS) is 12.1. The Morgan fingerprint density at radius 2 is 2.00 bits per heavy atom. The summed E-state index contributed by atoms with van der Waals surface area (Å²) < 4.78 is 11.5. The maximum Gasteiger partial charge on any atom is 0.319 e. The van der Waals surface area contributed by atoms with E-state index in [4.69, 9.17) is 9.47 Å². The van der Waals surface area contributed by atoms with Crippen LogP contribution in [0, 0.1) is 6.92 Å². The number of ether oxygens (including phenoxy) is 2. The predicted octanol–water partition coefficient (Wildman–Crippen LogP) is 3.81. The van der Waals surface area contributed by atoms with Gasteiger partial charge in [0.25, 0.3) is 0 Å². The summed E-state index contributed by atoms with van der Waals surface area (Å²) in [5.74, 6) is 1.44. The summed E-state index contributed by atoms with van der Waals surface area (Å²) >= 11 is 3.44. The van der Waals surface area contributed by atoms with Crippen LogP contribution in [0.15, 0.2) is 40.9 Å². The van der Waals surface area contributed by atoms with Crippen LogP contribution in [0.5, 0.6) is 11.5 Å². The van der Waals surface area contributed by atoms with Crippen LogP contribution in [-0.2, 0) is 6.54 Å². The Kier molecular flexibility index (Phi) is 4.20. The average molecular weight is 363 g/mol. The summed E-state index contributed by atoms with van der Waals surface area (Å²) in [6.45, 7) is 2.65. The van der Waals surface area contributed by atoms with E-state index in [9.17, 15) is 4.79 Å². The van der Waals surface area contributed by atoms with Gasteiger partial charge in [-0.05, 0) is 42.3 Å². The third kappa shape index (κ3) is 3.33. The lowest BCUT2D eigenvalue weighted by Crippen LogP contribution is -2.28. The minimum atomic E-state index is -0.256. The fourth-order valence-electron chi connectivity index (χ4n) is 2.08. The van der Waals surface area contributed by atoms with Gasteiger partial charge in [0.1, 0.15) is 0 Å². The Bertz CT molecular complexity index is 719. The number of nitrogens with one attached hydrogen (secondary N) is 2. The lowest BCUT2D eigenvalue weighted by Gasteiger charge is -2.09. The molecule has 2 N–H and O–H groups in total. The summed E-state index contributed by atoms with van der Waals surface area (Å²) in [5, 5.41) is 5.61. The summed E-state index contributed by atoms with van der Waals surface area (Å²) in [7, 11) is 0. The zero-order valence-electron chi connectivity index (χ0n) is 12.0. The molecule has 0 radical (unpaired) electrons. The van der Waals surface area contributed by atoms with Crippen LogP contribution in [0.1, 0.15) is 11.1 Å². The number of halogens is 1. The van der Waals surface area contributed by atoms with Gasteiger partial charge in [-0.3, -0.25) is 0 Å². The van der Waals surface area contributed by atoms with E-state index in [2.05, 4.69) is 26.6 Å². The van der Waals surface area contributed by atoms with E-state index < -0.39 is 0 Å². The Morgan fingerprint density at radius 3 is 2.82 bits per heavy atom. The fourth-order valence-corrected chi connectivity index (χ4v) is 2.46. The molecule has 0 saturated carbocycles. The van der Waals surface area contributed by atoms with Crippen LogP contribution in [0.2, 0.25) is 0 Å². The molecule has 2 aromatic rings. The Morgan fingerprint density at radius 1 is 1.18 bits per heavy atom. The highest BCUT2D eigenvalue weighted by Crippen LogP contribution is 2.32. The number of rotatable bonds is 3. The Balaban J connectivity index is 1.57. The van der Waals surface area contributed by atoms with Gasteiger partial charge < -0.3 is 20.1 Å². The molecule has 1 aliphatic heterocycles. The number of aryl methyl sites for hydroxylation is 1. The first-order valence-corrected chi connectivity index (χ1v) is 7.60. The van der Waals surface area contributed by atoms with Crippen LogP contribution in [0.25, 0.3) is 0 Å². The quantitative estimate of drug-likeness (QED) is 0.872. The van der Waals surface area contributed by atoms with Gasteiger partial charge in [0.15, 0.2) is 11.5 Å². The lowest BCUT2D eigenvalue weighted by atomic mass is 10.2. The highest BCUT2D eigenvalue weighted by molar-refractivity contribution is 9.10. The SMILES string of the molecule is Cc1ccc(NC(=O)NCc2ccc3c(c2)OCO3)cc1Br. The van der Waals surface area contributed by atoms with Crippen LogP contribution in [0.3, 0.4) is 0 Å². The van der Waals surface area contributed by atoms with Crippen molar-refractivity contribution in [3.63, 3.8) is 0 Å². The lowest BCUT2D eigenvalue weighted by molar-refractivity contribution is 0.174. The van der Waals surface area contributed by atoms with Crippen molar-refractivity contribution in [3.05, 3.63) is 52.0 Å². The van der Waals surface area contributed by atoms with E-state index >= 15 is 0 Å². The topological polar surface area (TPSA) is 59.6 Å². The molecule has 0 aromatic heterocycles. The van der Waals surface area contributed by atoms with Crippen molar-refractivity contribution >= 4 is 27.6 Å². The van der Waals surface area contributed by atoms with E-state index in [0.29, 0.717) is 12.3 Å². The van der Waals surface area contributed by atoms with Gasteiger partial charge in [0, 0.05) is 16.7 Å². The molecule has 22 heavy (non-hydrogen) atoms. The zero-order valence-corrected chi connectivity index (χ0v) is 13.6. The van der Waals surface area contributed by atoms with Crippen molar-refractivity contribution in [1.82, 2.24) is 5.32 Å². The summed E-state index contributed by atoms with van der Waals surface area (Å²) in [4.78, 5) is 11.9. The smallest absolute Gasteiger partial charge is 0.319 e.